The zero-order valence-electron chi connectivity index (χ0n) is 16.2. The molecule has 0 spiro atoms. The zero-order valence-corrected chi connectivity index (χ0v) is 16.2. The minimum absolute atomic E-state index is 0.0534. The molecule has 150 valence electrons. The molecule has 2 aromatic heterocycles. The minimum atomic E-state index is -0.378. The first kappa shape index (κ1) is 18.1. The molecule has 0 unspecified atom stereocenters. The quantitative estimate of drug-likeness (QED) is 0.670. The number of para-hydroxylation sites is 1. The molecule has 1 amide bonds. The van der Waals surface area contributed by atoms with E-state index in [4.69, 9.17) is 0 Å². The predicted molar refractivity (Wildman–Crippen MR) is 108 cm³/mol. The van der Waals surface area contributed by atoms with Crippen LogP contribution in [0.25, 0.3) is 11.5 Å². The number of nitrogens with zero attached hydrogens (tertiary/aromatic N) is 5. The third-order valence-electron chi connectivity index (χ3n) is 5.78. The van der Waals surface area contributed by atoms with Crippen LogP contribution in [0.2, 0.25) is 0 Å². The van der Waals surface area contributed by atoms with Gasteiger partial charge in [0, 0.05) is 45.1 Å². The van der Waals surface area contributed by atoms with E-state index in [1.165, 1.54) is 23.6 Å². The lowest BCUT2D eigenvalue weighted by molar-refractivity contribution is 0.0632. The Balaban J connectivity index is 1.44. The summed E-state index contributed by atoms with van der Waals surface area (Å²) in [5.74, 6) is 0.987. The Kier molecular flexibility index (Phi) is 4.67. The second kappa shape index (κ2) is 7.48. The van der Waals surface area contributed by atoms with Gasteiger partial charge in [0.25, 0.3) is 5.91 Å². The Hall–Kier alpha value is -2.93. The highest BCUT2D eigenvalue weighted by molar-refractivity contribution is 5.97. The normalized spacial score (nSPS) is 17.6. The van der Waals surface area contributed by atoms with Crippen LogP contribution in [0.4, 0.5) is 4.39 Å². The number of benzene rings is 1. The van der Waals surface area contributed by atoms with Gasteiger partial charge in [-0.15, -0.1) is 0 Å². The van der Waals surface area contributed by atoms with E-state index in [0.29, 0.717) is 30.2 Å². The summed E-state index contributed by atoms with van der Waals surface area (Å²) in [5.41, 5.74) is 0.810. The molecule has 1 saturated carbocycles. The molecule has 3 heterocycles. The van der Waals surface area contributed by atoms with E-state index < -0.39 is 0 Å². The van der Waals surface area contributed by atoms with Gasteiger partial charge in [-0.3, -0.25) is 9.69 Å². The average Bonchev–Trinajstić information content (AvgIpc) is 3.22. The molecule has 29 heavy (non-hydrogen) atoms. The average molecular weight is 393 g/mol. The highest BCUT2D eigenvalue weighted by atomic mass is 19.1. The predicted octanol–water partition coefficient (Wildman–Crippen LogP) is 2.97. The molecule has 1 aliphatic carbocycles. The molecule has 0 N–H and O–H groups in total. The fourth-order valence-electron chi connectivity index (χ4n) is 3.99. The largest absolute Gasteiger partial charge is 0.336 e. The third-order valence-corrected chi connectivity index (χ3v) is 5.78. The van der Waals surface area contributed by atoms with Crippen LogP contribution in [-0.2, 0) is 0 Å². The molecular weight excluding hydrogens is 369 g/mol. The van der Waals surface area contributed by atoms with Crippen molar-refractivity contribution in [3.05, 3.63) is 66.4 Å². The first-order valence-corrected chi connectivity index (χ1v) is 10.2. The molecule has 2 aliphatic rings. The first-order valence-electron chi connectivity index (χ1n) is 10.2. The highest BCUT2D eigenvalue weighted by Crippen LogP contribution is 2.30. The van der Waals surface area contributed by atoms with E-state index in [9.17, 15) is 9.18 Å². The summed E-state index contributed by atoms with van der Waals surface area (Å²) < 4.78 is 17.8. The molecule has 1 saturated heterocycles. The van der Waals surface area contributed by atoms with Gasteiger partial charge in [0.15, 0.2) is 5.82 Å². The van der Waals surface area contributed by atoms with Crippen molar-refractivity contribution in [2.45, 2.75) is 12.8 Å². The van der Waals surface area contributed by atoms with Crippen molar-refractivity contribution in [1.29, 1.82) is 0 Å². The number of amides is 1. The second-order valence-corrected chi connectivity index (χ2v) is 7.87. The van der Waals surface area contributed by atoms with E-state index in [1.54, 1.807) is 24.4 Å². The Morgan fingerprint density at radius 2 is 1.76 bits per heavy atom. The molecular formula is C22H24FN5O. The van der Waals surface area contributed by atoms with Crippen LogP contribution < -0.4 is 0 Å². The summed E-state index contributed by atoms with van der Waals surface area (Å²) in [6.07, 6.45) is 7.93. The van der Waals surface area contributed by atoms with Crippen molar-refractivity contribution in [3.63, 3.8) is 0 Å². The van der Waals surface area contributed by atoms with Gasteiger partial charge >= 0.3 is 0 Å². The molecule has 0 atom stereocenters. The van der Waals surface area contributed by atoms with Crippen LogP contribution in [0.15, 0.2) is 55.0 Å². The Morgan fingerprint density at radius 1 is 1.03 bits per heavy atom. The number of rotatable bonds is 5. The zero-order chi connectivity index (χ0) is 19.8. The van der Waals surface area contributed by atoms with Gasteiger partial charge in [0.2, 0.25) is 0 Å². The number of aromatic nitrogens is 3. The summed E-state index contributed by atoms with van der Waals surface area (Å²) >= 11 is 0. The number of piperazine rings is 1. The molecule has 1 aliphatic heterocycles. The van der Waals surface area contributed by atoms with Gasteiger partial charge in [0.1, 0.15) is 17.1 Å². The maximum atomic E-state index is 14.4. The molecule has 3 aromatic rings. The van der Waals surface area contributed by atoms with Crippen molar-refractivity contribution in [2.75, 3.05) is 32.7 Å². The van der Waals surface area contributed by atoms with Crippen molar-refractivity contribution in [3.8, 4) is 11.5 Å². The maximum Gasteiger partial charge on any atom is 0.259 e. The van der Waals surface area contributed by atoms with Crippen LogP contribution in [0.3, 0.4) is 0 Å². The van der Waals surface area contributed by atoms with E-state index in [2.05, 4.69) is 10.00 Å². The Morgan fingerprint density at radius 3 is 2.45 bits per heavy atom. The van der Waals surface area contributed by atoms with Crippen LogP contribution in [0, 0.1) is 11.7 Å². The number of carbonyl (C=O) groups is 1. The van der Waals surface area contributed by atoms with Crippen LogP contribution >= 0.6 is 0 Å². The van der Waals surface area contributed by atoms with Gasteiger partial charge < -0.3 is 9.47 Å². The fourth-order valence-corrected chi connectivity index (χ4v) is 3.99. The van der Waals surface area contributed by atoms with Gasteiger partial charge in [-0.1, -0.05) is 12.1 Å². The van der Waals surface area contributed by atoms with Crippen LogP contribution in [-0.4, -0.2) is 62.8 Å². The highest BCUT2D eigenvalue weighted by Gasteiger charge is 2.30. The number of halogens is 1. The fraction of sp³-hybridized carbons (Fsp3) is 0.364. The third kappa shape index (κ3) is 3.58. The Bertz CT molecular complexity index is 1000. The lowest BCUT2D eigenvalue weighted by Gasteiger charge is -2.34. The first-order chi connectivity index (χ1) is 14.2. The van der Waals surface area contributed by atoms with E-state index in [1.807, 2.05) is 34.0 Å². The summed E-state index contributed by atoms with van der Waals surface area (Å²) in [6, 6.07) is 10.2. The van der Waals surface area contributed by atoms with Crippen molar-refractivity contribution < 1.29 is 9.18 Å². The maximum absolute atomic E-state index is 14.4. The summed E-state index contributed by atoms with van der Waals surface area (Å²) in [6.45, 7) is 4.38. The summed E-state index contributed by atoms with van der Waals surface area (Å²) in [5, 5.41) is 4.38. The monoisotopic (exact) mass is 393 g/mol. The molecule has 6 nitrogen and oxygen atoms in total. The molecule has 2 fully saturated rings. The standard InChI is InChI=1S/C22H24FN5O/c23-19-5-1-2-6-20(19)28-21(26-9-3-4-10-26)18(15-24-28)22(29)27-13-11-25(12-14-27)16-17-7-8-17/h1-6,9-10,15,17H,7-8,11-14,16H2. The number of hydrogen-bond acceptors (Lipinski definition) is 3. The molecule has 0 radical (unpaired) electrons. The smallest absolute Gasteiger partial charge is 0.259 e. The molecule has 0 bridgehead atoms. The topological polar surface area (TPSA) is 46.3 Å². The summed E-state index contributed by atoms with van der Waals surface area (Å²) in [7, 11) is 0. The van der Waals surface area contributed by atoms with Gasteiger partial charge in [0.05, 0.1) is 6.20 Å². The van der Waals surface area contributed by atoms with E-state index >= 15 is 0 Å². The van der Waals surface area contributed by atoms with Crippen LogP contribution in [0.5, 0.6) is 0 Å². The lowest BCUT2D eigenvalue weighted by atomic mass is 10.2. The Labute approximate surface area is 169 Å². The van der Waals surface area contributed by atoms with Gasteiger partial charge in [-0.2, -0.15) is 5.10 Å². The van der Waals surface area contributed by atoms with Crippen LogP contribution in [0.1, 0.15) is 23.2 Å². The number of carbonyl (C=O) groups excluding carboxylic acids is 1. The summed E-state index contributed by atoms with van der Waals surface area (Å²) in [4.78, 5) is 17.7. The second-order valence-electron chi connectivity index (χ2n) is 7.87. The van der Waals surface area contributed by atoms with E-state index in [-0.39, 0.29) is 11.7 Å². The lowest BCUT2D eigenvalue weighted by Crippen LogP contribution is -2.49. The molecule has 7 heteroatoms. The minimum Gasteiger partial charge on any atom is -0.336 e. The molecule has 5 rings (SSSR count). The van der Waals surface area contributed by atoms with Gasteiger partial charge in [-0.05, 0) is 43.0 Å². The SMILES string of the molecule is O=C(c1cnn(-c2ccccc2F)c1-n1cccc1)N1CCN(CC2CC2)CC1. The van der Waals surface area contributed by atoms with E-state index in [0.717, 1.165) is 25.6 Å². The van der Waals surface area contributed by atoms with Gasteiger partial charge in [-0.25, -0.2) is 9.07 Å². The van der Waals surface area contributed by atoms with Crippen molar-refractivity contribution >= 4 is 5.91 Å². The van der Waals surface area contributed by atoms with Crippen molar-refractivity contribution in [1.82, 2.24) is 24.1 Å². The number of hydrogen-bond donors (Lipinski definition) is 0. The van der Waals surface area contributed by atoms with Crippen molar-refractivity contribution in [2.24, 2.45) is 5.92 Å². The molecule has 1 aromatic carbocycles.